The molecule has 5 heteroatoms. The van der Waals surface area contributed by atoms with Crippen LogP contribution in [-0.2, 0) is 14.3 Å². The van der Waals surface area contributed by atoms with Gasteiger partial charge >= 0.3 is 11.7 Å². The SMILES string of the molecule is C/C=C/CCC(=O)C(=[N+]=[N-])C(=O)OC. The maximum atomic E-state index is 11.2. The highest BCUT2D eigenvalue weighted by Gasteiger charge is 2.29. The molecule has 0 amide bonds. The first-order chi connectivity index (χ1) is 6.67. The number of methoxy groups -OCH3 is 1. The quantitative estimate of drug-likeness (QED) is 0.162. The lowest BCUT2D eigenvalue weighted by Crippen LogP contribution is -2.26. The molecule has 0 N–H and O–H groups in total. The van der Waals surface area contributed by atoms with Gasteiger partial charge in [0.2, 0.25) is 0 Å². The second-order valence-corrected chi connectivity index (χ2v) is 2.47. The summed E-state index contributed by atoms with van der Waals surface area (Å²) in [7, 11) is 1.12. The molecule has 0 aliphatic heterocycles. The smallest absolute Gasteiger partial charge is 0.441 e. The van der Waals surface area contributed by atoms with Gasteiger partial charge in [-0.2, -0.15) is 4.79 Å². The first-order valence-corrected chi connectivity index (χ1v) is 4.12. The molecule has 0 saturated heterocycles. The molecule has 0 aliphatic rings. The van der Waals surface area contributed by atoms with Gasteiger partial charge in [-0.15, -0.1) is 0 Å². The van der Waals surface area contributed by atoms with E-state index in [2.05, 4.69) is 9.53 Å². The van der Waals surface area contributed by atoms with Crippen molar-refractivity contribution in [2.45, 2.75) is 19.8 Å². The van der Waals surface area contributed by atoms with Crippen LogP contribution in [0.4, 0.5) is 0 Å². The van der Waals surface area contributed by atoms with Crippen LogP contribution in [0.1, 0.15) is 19.8 Å². The zero-order valence-corrected chi connectivity index (χ0v) is 8.19. The number of nitrogens with zero attached hydrogens (tertiary/aromatic N) is 2. The fourth-order valence-electron chi connectivity index (χ4n) is 0.807. The molecular formula is C9H12N2O3. The molecule has 0 aromatic rings. The van der Waals surface area contributed by atoms with Crippen LogP contribution in [0.3, 0.4) is 0 Å². The molecular weight excluding hydrogens is 184 g/mol. The van der Waals surface area contributed by atoms with E-state index in [0.29, 0.717) is 6.42 Å². The van der Waals surface area contributed by atoms with Crippen LogP contribution < -0.4 is 0 Å². The summed E-state index contributed by atoms with van der Waals surface area (Å²) >= 11 is 0. The Morgan fingerprint density at radius 1 is 1.50 bits per heavy atom. The standard InChI is InChI=1S/C9H12N2O3/c1-3-4-5-6-7(12)8(11-10)9(13)14-2/h3-4H,5-6H2,1-2H3/b4-3+. The van der Waals surface area contributed by atoms with E-state index < -0.39 is 17.5 Å². The molecule has 14 heavy (non-hydrogen) atoms. The number of esters is 1. The van der Waals surface area contributed by atoms with Gasteiger partial charge in [0.1, 0.15) is 0 Å². The van der Waals surface area contributed by atoms with Gasteiger partial charge in [-0.1, -0.05) is 12.2 Å². The number of ether oxygens (including phenoxy) is 1. The summed E-state index contributed by atoms with van der Waals surface area (Å²) in [5.74, 6) is -1.45. The van der Waals surface area contributed by atoms with Gasteiger partial charge in [0, 0.05) is 6.42 Å². The number of rotatable bonds is 5. The van der Waals surface area contributed by atoms with E-state index >= 15 is 0 Å². The lowest BCUT2D eigenvalue weighted by Gasteiger charge is -1.92. The summed E-state index contributed by atoms with van der Waals surface area (Å²) in [5.41, 5.74) is 7.84. The van der Waals surface area contributed by atoms with Crippen molar-refractivity contribution in [2.75, 3.05) is 7.11 Å². The largest absolute Gasteiger partial charge is 0.460 e. The van der Waals surface area contributed by atoms with E-state index in [9.17, 15) is 9.59 Å². The third-order valence-electron chi connectivity index (χ3n) is 1.52. The fraction of sp³-hybridized carbons (Fsp3) is 0.444. The predicted molar refractivity (Wildman–Crippen MR) is 49.7 cm³/mol. The lowest BCUT2D eigenvalue weighted by atomic mass is 10.1. The van der Waals surface area contributed by atoms with Crippen LogP contribution in [0.2, 0.25) is 0 Å². The van der Waals surface area contributed by atoms with Crippen LogP contribution in [0, 0.1) is 0 Å². The van der Waals surface area contributed by atoms with E-state index in [-0.39, 0.29) is 6.42 Å². The molecule has 0 atom stereocenters. The van der Waals surface area contributed by atoms with Gasteiger partial charge in [-0.05, 0) is 13.3 Å². The monoisotopic (exact) mass is 196 g/mol. The lowest BCUT2D eigenvalue weighted by molar-refractivity contribution is -0.139. The van der Waals surface area contributed by atoms with E-state index in [1.807, 2.05) is 6.92 Å². The first kappa shape index (κ1) is 12.3. The van der Waals surface area contributed by atoms with E-state index in [1.165, 1.54) is 0 Å². The van der Waals surface area contributed by atoms with Crippen LogP contribution in [0.5, 0.6) is 0 Å². The Bertz CT molecular complexity index is 301. The minimum absolute atomic E-state index is 0.124. The molecule has 0 unspecified atom stereocenters. The third kappa shape index (κ3) is 3.78. The van der Waals surface area contributed by atoms with Gasteiger partial charge in [0.05, 0.1) is 7.11 Å². The topological polar surface area (TPSA) is 79.8 Å². The Kier molecular flexibility index (Phi) is 5.90. The molecule has 0 heterocycles. The van der Waals surface area contributed by atoms with E-state index in [1.54, 1.807) is 12.2 Å². The maximum Gasteiger partial charge on any atom is 0.441 e. The molecule has 0 aromatic heterocycles. The van der Waals surface area contributed by atoms with Crippen molar-refractivity contribution >= 4 is 17.5 Å². The minimum atomic E-state index is -0.919. The number of hydrogen-bond donors (Lipinski definition) is 0. The molecule has 0 radical (unpaired) electrons. The molecule has 0 spiro atoms. The Labute approximate surface area is 82.0 Å². The number of Topliss-reactive ketones (excluding diaryl/α,β-unsaturated/α-hetero) is 1. The normalized spacial score (nSPS) is 9.57. The van der Waals surface area contributed by atoms with Crippen molar-refractivity contribution in [3.8, 4) is 0 Å². The zero-order valence-electron chi connectivity index (χ0n) is 8.19. The van der Waals surface area contributed by atoms with Gasteiger partial charge in [0.25, 0.3) is 5.78 Å². The number of carbonyl (C=O) groups is 2. The van der Waals surface area contributed by atoms with Crippen molar-refractivity contribution in [2.24, 2.45) is 0 Å². The van der Waals surface area contributed by atoms with Crippen molar-refractivity contribution in [3.63, 3.8) is 0 Å². The Balaban J connectivity index is 4.35. The Morgan fingerprint density at radius 3 is 2.57 bits per heavy atom. The highest BCUT2D eigenvalue weighted by atomic mass is 16.5. The van der Waals surface area contributed by atoms with Crippen LogP contribution in [0.15, 0.2) is 12.2 Å². The molecule has 0 fully saturated rings. The molecule has 5 nitrogen and oxygen atoms in total. The van der Waals surface area contributed by atoms with Crippen LogP contribution in [-0.4, -0.2) is 29.4 Å². The minimum Gasteiger partial charge on any atom is -0.460 e. The molecule has 0 aromatic carbocycles. The molecule has 0 aliphatic carbocycles. The highest BCUT2D eigenvalue weighted by molar-refractivity contribution is 6.62. The second kappa shape index (κ2) is 6.74. The summed E-state index contributed by atoms with van der Waals surface area (Å²) in [6, 6.07) is 0. The van der Waals surface area contributed by atoms with Crippen molar-refractivity contribution in [1.29, 1.82) is 0 Å². The maximum absolute atomic E-state index is 11.2. The van der Waals surface area contributed by atoms with Crippen molar-refractivity contribution in [1.82, 2.24) is 0 Å². The summed E-state index contributed by atoms with van der Waals surface area (Å²) in [4.78, 5) is 24.7. The first-order valence-electron chi connectivity index (χ1n) is 4.12. The average molecular weight is 196 g/mol. The zero-order chi connectivity index (χ0) is 11.0. The van der Waals surface area contributed by atoms with Gasteiger partial charge in [0.15, 0.2) is 0 Å². The van der Waals surface area contributed by atoms with Crippen LogP contribution in [0.25, 0.3) is 5.53 Å². The van der Waals surface area contributed by atoms with Gasteiger partial charge in [-0.3, -0.25) is 4.79 Å². The van der Waals surface area contributed by atoms with Gasteiger partial charge < -0.3 is 10.3 Å². The Hall–Kier alpha value is -1.74. The Morgan fingerprint density at radius 2 is 2.14 bits per heavy atom. The number of ketones is 1. The average Bonchev–Trinajstić information content (AvgIpc) is 2.19. The number of allylic oxidation sites excluding steroid dienone is 2. The predicted octanol–water partition coefficient (Wildman–Crippen LogP) is 0.756. The number of carbonyl (C=O) groups excluding carboxylic acids is 2. The molecule has 76 valence electrons. The van der Waals surface area contributed by atoms with E-state index in [4.69, 9.17) is 5.53 Å². The van der Waals surface area contributed by atoms with Crippen molar-refractivity contribution in [3.05, 3.63) is 17.7 Å². The van der Waals surface area contributed by atoms with Crippen molar-refractivity contribution < 1.29 is 19.1 Å². The molecule has 0 bridgehead atoms. The third-order valence-corrected chi connectivity index (χ3v) is 1.52. The fourth-order valence-corrected chi connectivity index (χ4v) is 0.807. The second-order valence-electron chi connectivity index (χ2n) is 2.47. The molecule has 0 rings (SSSR count). The summed E-state index contributed by atoms with van der Waals surface area (Å²) < 4.78 is 4.26. The summed E-state index contributed by atoms with van der Waals surface area (Å²) in [6.45, 7) is 1.83. The van der Waals surface area contributed by atoms with Gasteiger partial charge in [-0.25, -0.2) is 4.79 Å². The van der Waals surface area contributed by atoms with Crippen LogP contribution >= 0.6 is 0 Å². The number of hydrogen-bond acceptors (Lipinski definition) is 3. The van der Waals surface area contributed by atoms with E-state index in [0.717, 1.165) is 7.11 Å². The molecule has 0 saturated carbocycles. The summed E-state index contributed by atoms with van der Waals surface area (Å²) in [6.07, 6.45) is 4.20. The summed E-state index contributed by atoms with van der Waals surface area (Å²) in [5, 5.41) is 0. The highest BCUT2D eigenvalue weighted by Crippen LogP contribution is 1.95.